The summed E-state index contributed by atoms with van der Waals surface area (Å²) < 4.78 is 0. The van der Waals surface area contributed by atoms with Gasteiger partial charge >= 0.3 is 0 Å². The third-order valence-electron chi connectivity index (χ3n) is 2.38. The molecule has 1 aliphatic rings. The number of nitrogens with zero attached hydrogens (tertiary/aromatic N) is 2. The van der Waals surface area contributed by atoms with Crippen molar-refractivity contribution >= 4 is 24.3 Å². The predicted octanol–water partition coefficient (Wildman–Crippen LogP) is 1.31. The average Bonchev–Trinajstić information content (AvgIpc) is 2.37. The van der Waals surface area contributed by atoms with Crippen LogP contribution in [0.4, 0.5) is 0 Å². The zero-order chi connectivity index (χ0) is 16.0. The van der Waals surface area contributed by atoms with Gasteiger partial charge in [0.25, 0.3) is 0 Å². The second kappa shape index (κ2) is 11.1. The van der Waals surface area contributed by atoms with Crippen LogP contribution >= 0.6 is 0 Å². The number of hydrogen-bond donors (Lipinski definition) is 2. The maximum absolute atomic E-state index is 10.2. The number of nitrogens with one attached hydrogen (secondary N) is 2. The summed E-state index contributed by atoms with van der Waals surface area (Å²) in [5, 5.41) is 10.8. The van der Waals surface area contributed by atoms with Crippen LogP contribution in [0.5, 0.6) is 0 Å². The molecule has 0 amide bonds. The fourth-order valence-corrected chi connectivity index (χ4v) is 1.27. The molecule has 2 N–H and O–H groups in total. The molecule has 0 saturated carbocycles. The van der Waals surface area contributed by atoms with Crippen molar-refractivity contribution in [1.82, 2.24) is 0 Å². The van der Waals surface area contributed by atoms with Crippen LogP contribution in [0.3, 0.4) is 0 Å². The number of hydrogen-bond acceptors (Lipinski definition) is 8. The summed E-state index contributed by atoms with van der Waals surface area (Å²) in [6, 6.07) is 0. The fourth-order valence-electron chi connectivity index (χ4n) is 1.27. The zero-order valence-electron chi connectivity index (χ0n) is 10.8. The van der Waals surface area contributed by atoms with Gasteiger partial charge in [0.1, 0.15) is 0 Å². The van der Waals surface area contributed by atoms with E-state index in [-0.39, 0.29) is 5.92 Å². The quantitative estimate of drug-likeness (QED) is 0.579. The Morgan fingerprint density at radius 2 is 1.65 bits per heavy atom. The van der Waals surface area contributed by atoms with E-state index in [0.717, 1.165) is 12.2 Å². The van der Waals surface area contributed by atoms with Crippen molar-refractivity contribution in [3.8, 4) is 0 Å². The van der Waals surface area contributed by atoms with Crippen LogP contribution < -0.4 is 0 Å². The van der Waals surface area contributed by atoms with Gasteiger partial charge in [0, 0.05) is 5.92 Å². The Kier molecular flexibility index (Phi) is 10.7. The molecule has 104 valence electrons. The van der Waals surface area contributed by atoms with Crippen molar-refractivity contribution in [2.24, 2.45) is 15.9 Å². The lowest BCUT2D eigenvalue weighted by Crippen LogP contribution is -2.29. The third kappa shape index (κ3) is 7.35. The summed E-state index contributed by atoms with van der Waals surface area (Å²) in [4.78, 5) is 44.2. The van der Waals surface area contributed by atoms with Gasteiger partial charge in [-0.25, -0.2) is 30.0 Å². The normalized spacial score (nSPS) is 21.7. The van der Waals surface area contributed by atoms with E-state index in [1.54, 1.807) is 19.1 Å². The summed E-state index contributed by atoms with van der Waals surface area (Å²) in [6.07, 6.45) is 9.69. The molecule has 2 unspecified atom stereocenters. The largest absolute Gasteiger partial charge is 0.240 e. The predicted molar refractivity (Wildman–Crippen MR) is 67.9 cm³/mol. The van der Waals surface area contributed by atoms with Crippen LogP contribution in [-0.4, -0.2) is 29.9 Å². The smallest absolute Gasteiger partial charge is 0.222 e. The number of aliphatic imine (C=N–C) groups is 2. The van der Waals surface area contributed by atoms with Crippen molar-refractivity contribution in [2.75, 3.05) is 0 Å². The van der Waals surface area contributed by atoms with Crippen molar-refractivity contribution < 1.29 is 19.2 Å². The van der Waals surface area contributed by atoms with Crippen LogP contribution in [-0.2, 0) is 19.2 Å². The Bertz CT molecular complexity index is 530. The molecule has 8 nitrogen and oxygen atoms in total. The Morgan fingerprint density at radius 1 is 1.15 bits per heavy atom. The first-order valence-electron chi connectivity index (χ1n) is 5.11. The highest BCUT2D eigenvalue weighted by Gasteiger charge is 2.29. The lowest BCUT2D eigenvalue weighted by molar-refractivity contribution is 0.448. The van der Waals surface area contributed by atoms with Crippen LogP contribution in [0, 0.1) is 16.7 Å². The van der Waals surface area contributed by atoms with Gasteiger partial charge in [0.05, 0.1) is 11.2 Å². The number of carbonyl (C=O) groups excluding carboxylic acids is 4. The second-order valence-electron chi connectivity index (χ2n) is 3.55. The first-order chi connectivity index (χ1) is 9.45. The molecule has 0 radical (unpaired) electrons. The maximum Gasteiger partial charge on any atom is 0.240 e. The lowest BCUT2D eigenvalue weighted by Gasteiger charge is -2.27. The molecular weight excluding hydrogens is 264 g/mol. The van der Waals surface area contributed by atoms with Gasteiger partial charge in [-0.15, -0.1) is 0 Å². The minimum absolute atomic E-state index is 0.0783. The first-order valence-corrected chi connectivity index (χ1v) is 5.11. The molecule has 0 saturated heterocycles. The van der Waals surface area contributed by atoms with E-state index >= 15 is 0 Å². The van der Waals surface area contributed by atoms with Gasteiger partial charge in [-0.3, -0.25) is 0 Å². The molecule has 0 spiro atoms. The van der Waals surface area contributed by atoms with Gasteiger partial charge in [-0.1, -0.05) is 13.0 Å². The van der Waals surface area contributed by atoms with E-state index in [9.17, 15) is 9.59 Å². The van der Waals surface area contributed by atoms with E-state index in [4.69, 9.17) is 20.4 Å². The van der Waals surface area contributed by atoms with Gasteiger partial charge in [0.15, 0.2) is 0 Å². The standard InChI is InChI=1S/C10H10N2O2.2CHNO/c1-8-3-4-9(11-6-13)5-10(8,2)12-7-14;2*2-1-3/h3-5,8H,1-2H3;2*2H. The molecule has 0 bridgehead atoms. The SMILES string of the molecule is CC1C=CC(N=C=O)=CC1(C)N=C=O.N=C=O.N=C=O. The molecule has 0 aromatic heterocycles. The highest BCUT2D eigenvalue weighted by atomic mass is 16.1. The molecule has 0 aliphatic heterocycles. The average molecular weight is 276 g/mol. The van der Waals surface area contributed by atoms with Gasteiger partial charge in [-0.05, 0) is 19.1 Å². The minimum atomic E-state index is -0.661. The molecule has 20 heavy (non-hydrogen) atoms. The van der Waals surface area contributed by atoms with E-state index in [1.807, 2.05) is 13.0 Å². The Labute approximate surface area is 114 Å². The van der Waals surface area contributed by atoms with Crippen LogP contribution in [0.15, 0.2) is 33.9 Å². The van der Waals surface area contributed by atoms with Crippen LogP contribution in [0.25, 0.3) is 0 Å². The van der Waals surface area contributed by atoms with E-state index in [1.165, 1.54) is 12.2 Å². The van der Waals surface area contributed by atoms with Gasteiger partial charge < -0.3 is 0 Å². The van der Waals surface area contributed by atoms with Crippen molar-refractivity contribution in [2.45, 2.75) is 19.4 Å². The molecule has 1 rings (SSSR count). The first kappa shape index (κ1) is 19.3. The van der Waals surface area contributed by atoms with Crippen LogP contribution in [0.2, 0.25) is 0 Å². The molecule has 0 aromatic carbocycles. The van der Waals surface area contributed by atoms with E-state index < -0.39 is 5.54 Å². The summed E-state index contributed by atoms with van der Waals surface area (Å²) in [6.45, 7) is 3.71. The second-order valence-corrected chi connectivity index (χ2v) is 3.55. The minimum Gasteiger partial charge on any atom is -0.222 e. The topological polar surface area (TPSA) is 141 Å². The molecule has 0 aromatic rings. The molecular formula is C12H12N4O4. The Morgan fingerprint density at radius 3 is 2.05 bits per heavy atom. The van der Waals surface area contributed by atoms with Gasteiger partial charge in [-0.2, -0.15) is 9.98 Å². The number of isocyanates is 4. The molecule has 0 fully saturated rings. The highest BCUT2D eigenvalue weighted by Crippen LogP contribution is 2.30. The van der Waals surface area contributed by atoms with Crippen molar-refractivity contribution in [1.29, 1.82) is 10.8 Å². The molecule has 0 heterocycles. The summed E-state index contributed by atoms with van der Waals surface area (Å²) in [7, 11) is 0. The summed E-state index contributed by atoms with van der Waals surface area (Å²) in [5.74, 6) is 0.0783. The van der Waals surface area contributed by atoms with Crippen LogP contribution in [0.1, 0.15) is 13.8 Å². The maximum atomic E-state index is 10.2. The molecule has 1 aliphatic carbocycles. The number of allylic oxidation sites excluding steroid dienone is 1. The molecule has 2 atom stereocenters. The lowest BCUT2D eigenvalue weighted by atomic mass is 9.83. The Hall–Kier alpha value is -3.00. The summed E-state index contributed by atoms with van der Waals surface area (Å²) >= 11 is 0. The van der Waals surface area contributed by atoms with E-state index in [2.05, 4.69) is 9.98 Å². The summed E-state index contributed by atoms with van der Waals surface area (Å²) in [5.41, 5.74) is -0.189. The zero-order valence-corrected chi connectivity index (χ0v) is 10.8. The Balaban J connectivity index is 0. The monoisotopic (exact) mass is 276 g/mol. The van der Waals surface area contributed by atoms with E-state index in [0.29, 0.717) is 5.70 Å². The third-order valence-corrected chi connectivity index (χ3v) is 2.38. The highest BCUT2D eigenvalue weighted by molar-refractivity contribution is 5.44. The number of rotatable bonds is 2. The molecule has 8 heteroatoms. The van der Waals surface area contributed by atoms with Crippen molar-refractivity contribution in [3.05, 3.63) is 23.9 Å². The fraction of sp³-hybridized carbons (Fsp3) is 0.333. The van der Waals surface area contributed by atoms with Crippen molar-refractivity contribution in [3.63, 3.8) is 0 Å². The van der Waals surface area contributed by atoms with Gasteiger partial charge in [0.2, 0.25) is 24.3 Å².